The van der Waals surface area contributed by atoms with Crippen molar-refractivity contribution in [2.75, 3.05) is 6.54 Å². The molecule has 2 aliphatic heterocycles. The zero-order chi connectivity index (χ0) is 14.3. The first-order chi connectivity index (χ1) is 9.58. The molecule has 0 bridgehead atoms. The Kier molecular flexibility index (Phi) is 3.46. The van der Waals surface area contributed by atoms with Crippen LogP contribution in [0.4, 0.5) is 0 Å². The van der Waals surface area contributed by atoms with E-state index in [1.165, 1.54) is 10.5 Å². The number of fused-ring (bicyclic) bond motifs is 1. The maximum atomic E-state index is 12.6. The fourth-order valence-corrected chi connectivity index (χ4v) is 4.35. The number of carbonyl (C=O) groups excluding carboxylic acids is 1. The summed E-state index contributed by atoms with van der Waals surface area (Å²) in [4.78, 5) is 26.7. The summed E-state index contributed by atoms with van der Waals surface area (Å²) in [6.45, 7) is 2.40. The average molecular weight is 291 g/mol. The van der Waals surface area contributed by atoms with Crippen molar-refractivity contribution in [3.63, 3.8) is 0 Å². The van der Waals surface area contributed by atoms with E-state index in [-0.39, 0.29) is 17.2 Å². The minimum absolute atomic E-state index is 0.0856. The van der Waals surface area contributed by atoms with E-state index in [4.69, 9.17) is 5.11 Å². The van der Waals surface area contributed by atoms with Crippen molar-refractivity contribution in [3.8, 4) is 0 Å². The minimum Gasteiger partial charge on any atom is -0.481 e. The molecule has 2 heterocycles. The normalized spacial score (nSPS) is 28.4. The molecule has 1 N–H and O–H groups in total. The summed E-state index contributed by atoms with van der Waals surface area (Å²) in [7, 11) is 0. The van der Waals surface area contributed by atoms with E-state index in [1.807, 2.05) is 25.1 Å². The van der Waals surface area contributed by atoms with Crippen LogP contribution < -0.4 is 0 Å². The quantitative estimate of drug-likeness (QED) is 0.906. The number of thioether (sulfide) groups is 1. The Hall–Kier alpha value is -1.49. The van der Waals surface area contributed by atoms with Gasteiger partial charge in [-0.3, -0.25) is 9.59 Å². The van der Waals surface area contributed by atoms with Gasteiger partial charge in [0.05, 0.1) is 11.2 Å². The lowest BCUT2D eigenvalue weighted by atomic mass is 10.0. The maximum absolute atomic E-state index is 12.6. The molecular weight excluding hydrogens is 274 g/mol. The standard InChI is InChI=1S/C15H17NO3S/c1-9-11(15(18)19)6-7-16(9)14(17)13-8-10-4-2-3-5-12(10)20-13/h2-5,9,11,13H,6-8H2,1H3,(H,18,19). The highest BCUT2D eigenvalue weighted by atomic mass is 32.2. The van der Waals surface area contributed by atoms with Crippen LogP contribution in [-0.2, 0) is 16.0 Å². The van der Waals surface area contributed by atoms with Gasteiger partial charge in [-0.25, -0.2) is 0 Å². The van der Waals surface area contributed by atoms with Gasteiger partial charge in [0.25, 0.3) is 0 Å². The fourth-order valence-electron chi connectivity index (χ4n) is 3.09. The second-order valence-electron chi connectivity index (χ2n) is 5.42. The van der Waals surface area contributed by atoms with Crippen LogP contribution in [0.5, 0.6) is 0 Å². The molecule has 3 atom stereocenters. The number of aliphatic carboxylic acids is 1. The van der Waals surface area contributed by atoms with Gasteiger partial charge < -0.3 is 10.0 Å². The van der Waals surface area contributed by atoms with Gasteiger partial charge in [-0.2, -0.15) is 0 Å². The molecule has 1 saturated heterocycles. The third-order valence-electron chi connectivity index (χ3n) is 4.28. The molecule has 0 spiro atoms. The van der Waals surface area contributed by atoms with Gasteiger partial charge in [-0.1, -0.05) is 18.2 Å². The maximum Gasteiger partial charge on any atom is 0.308 e. The minimum atomic E-state index is -0.796. The zero-order valence-electron chi connectivity index (χ0n) is 11.3. The molecule has 0 aliphatic carbocycles. The molecular formula is C15H17NO3S. The summed E-state index contributed by atoms with van der Waals surface area (Å²) >= 11 is 1.60. The topological polar surface area (TPSA) is 57.6 Å². The molecule has 0 aromatic heterocycles. The summed E-state index contributed by atoms with van der Waals surface area (Å²) in [5.74, 6) is -1.13. The number of nitrogens with zero attached hydrogens (tertiary/aromatic N) is 1. The molecule has 1 aromatic rings. The Morgan fingerprint density at radius 1 is 1.35 bits per heavy atom. The predicted octanol–water partition coefficient (Wildman–Crippen LogP) is 2.02. The van der Waals surface area contributed by atoms with E-state index < -0.39 is 11.9 Å². The lowest BCUT2D eigenvalue weighted by molar-refractivity contribution is -0.143. The summed E-state index contributed by atoms with van der Waals surface area (Å²) in [6, 6.07) is 7.87. The number of carbonyl (C=O) groups is 2. The van der Waals surface area contributed by atoms with Crippen LogP contribution >= 0.6 is 11.8 Å². The molecule has 0 saturated carbocycles. The van der Waals surface area contributed by atoms with E-state index in [0.717, 1.165) is 6.42 Å². The van der Waals surface area contributed by atoms with Crippen molar-refractivity contribution >= 4 is 23.6 Å². The van der Waals surface area contributed by atoms with Crippen molar-refractivity contribution in [1.82, 2.24) is 4.90 Å². The van der Waals surface area contributed by atoms with Gasteiger partial charge in [0.1, 0.15) is 0 Å². The third-order valence-corrected chi connectivity index (χ3v) is 5.58. The summed E-state index contributed by atoms with van der Waals surface area (Å²) in [5, 5.41) is 9.05. The van der Waals surface area contributed by atoms with E-state index in [0.29, 0.717) is 13.0 Å². The van der Waals surface area contributed by atoms with Crippen LogP contribution in [0, 0.1) is 5.92 Å². The first kappa shape index (κ1) is 13.5. The fraction of sp³-hybridized carbons (Fsp3) is 0.467. The molecule has 3 unspecified atom stereocenters. The predicted molar refractivity (Wildman–Crippen MR) is 76.7 cm³/mol. The Bertz CT molecular complexity index is 535. The van der Waals surface area contributed by atoms with Crippen LogP contribution in [0.1, 0.15) is 18.9 Å². The van der Waals surface area contributed by atoms with Crippen LogP contribution in [-0.4, -0.2) is 39.7 Å². The second-order valence-corrected chi connectivity index (χ2v) is 6.67. The van der Waals surface area contributed by atoms with Gasteiger partial charge in [-0.05, 0) is 31.4 Å². The van der Waals surface area contributed by atoms with Crippen molar-refractivity contribution in [2.24, 2.45) is 5.92 Å². The number of benzene rings is 1. The van der Waals surface area contributed by atoms with Crippen LogP contribution in [0.3, 0.4) is 0 Å². The number of likely N-dealkylation sites (tertiary alicyclic amines) is 1. The average Bonchev–Trinajstić information content (AvgIpc) is 3.01. The Morgan fingerprint density at radius 2 is 2.10 bits per heavy atom. The zero-order valence-corrected chi connectivity index (χ0v) is 12.1. The number of carboxylic acid groups (broad SMARTS) is 1. The lowest BCUT2D eigenvalue weighted by Crippen LogP contribution is -2.42. The van der Waals surface area contributed by atoms with Gasteiger partial charge in [0, 0.05) is 17.5 Å². The molecule has 1 fully saturated rings. The number of amides is 1. The van der Waals surface area contributed by atoms with Gasteiger partial charge >= 0.3 is 5.97 Å². The third kappa shape index (κ3) is 2.20. The van der Waals surface area contributed by atoms with E-state index in [9.17, 15) is 9.59 Å². The van der Waals surface area contributed by atoms with Gasteiger partial charge in [0.15, 0.2) is 0 Å². The van der Waals surface area contributed by atoms with E-state index >= 15 is 0 Å². The Morgan fingerprint density at radius 3 is 2.75 bits per heavy atom. The summed E-state index contributed by atoms with van der Waals surface area (Å²) < 4.78 is 0. The van der Waals surface area contributed by atoms with Crippen LogP contribution in [0.2, 0.25) is 0 Å². The molecule has 20 heavy (non-hydrogen) atoms. The van der Waals surface area contributed by atoms with E-state index in [1.54, 1.807) is 16.7 Å². The second kappa shape index (κ2) is 5.13. The molecule has 5 heteroatoms. The van der Waals surface area contributed by atoms with E-state index in [2.05, 4.69) is 6.07 Å². The van der Waals surface area contributed by atoms with Gasteiger partial charge in [-0.15, -0.1) is 11.8 Å². The van der Waals surface area contributed by atoms with Gasteiger partial charge in [0.2, 0.25) is 5.91 Å². The SMILES string of the molecule is CC1C(C(=O)O)CCN1C(=O)C1Cc2ccccc2S1. The lowest BCUT2D eigenvalue weighted by Gasteiger charge is -2.25. The van der Waals surface area contributed by atoms with Crippen LogP contribution in [0.25, 0.3) is 0 Å². The molecule has 0 radical (unpaired) electrons. The number of hydrogen-bond acceptors (Lipinski definition) is 3. The summed E-state index contributed by atoms with van der Waals surface area (Å²) in [6.07, 6.45) is 1.31. The van der Waals surface area contributed by atoms with Crippen molar-refractivity contribution < 1.29 is 14.7 Å². The molecule has 2 aliphatic rings. The number of hydrogen-bond donors (Lipinski definition) is 1. The highest BCUT2D eigenvalue weighted by Gasteiger charge is 2.41. The van der Waals surface area contributed by atoms with Crippen LogP contribution in [0.15, 0.2) is 29.2 Å². The van der Waals surface area contributed by atoms with Crippen molar-refractivity contribution in [1.29, 1.82) is 0 Å². The molecule has 1 aromatic carbocycles. The number of rotatable bonds is 2. The largest absolute Gasteiger partial charge is 0.481 e. The monoisotopic (exact) mass is 291 g/mol. The highest BCUT2D eigenvalue weighted by molar-refractivity contribution is 8.01. The molecule has 106 valence electrons. The smallest absolute Gasteiger partial charge is 0.308 e. The Labute approximate surface area is 122 Å². The first-order valence-electron chi connectivity index (χ1n) is 6.86. The Balaban J connectivity index is 1.71. The van der Waals surface area contributed by atoms with Crippen molar-refractivity contribution in [3.05, 3.63) is 29.8 Å². The summed E-state index contributed by atoms with van der Waals surface area (Å²) in [5.41, 5.74) is 1.22. The van der Waals surface area contributed by atoms with Crippen molar-refractivity contribution in [2.45, 2.75) is 36.0 Å². The number of carboxylic acids is 1. The first-order valence-corrected chi connectivity index (χ1v) is 7.73. The molecule has 3 rings (SSSR count). The molecule has 4 nitrogen and oxygen atoms in total. The highest BCUT2D eigenvalue weighted by Crippen LogP contribution is 2.39. The molecule has 1 amide bonds.